The Balaban J connectivity index is 1.65. The molecule has 136 valence electrons. The van der Waals surface area contributed by atoms with Crippen molar-refractivity contribution in [2.45, 2.75) is 57.6 Å². The van der Waals surface area contributed by atoms with Crippen LogP contribution in [0.3, 0.4) is 0 Å². The Bertz CT molecular complexity index is 596. The van der Waals surface area contributed by atoms with Gasteiger partial charge in [-0.1, -0.05) is 43.2 Å². The average molecular weight is 344 g/mol. The van der Waals surface area contributed by atoms with Crippen LogP contribution in [0.25, 0.3) is 0 Å². The molecule has 0 N–H and O–H groups in total. The molecule has 0 radical (unpaired) electrons. The second-order valence-electron chi connectivity index (χ2n) is 7.28. The second-order valence-corrected chi connectivity index (χ2v) is 7.28. The summed E-state index contributed by atoms with van der Waals surface area (Å²) >= 11 is 0. The fourth-order valence-corrected chi connectivity index (χ4v) is 3.89. The largest absolute Gasteiger partial charge is 0.445 e. The van der Waals surface area contributed by atoms with Gasteiger partial charge in [-0.3, -0.25) is 9.69 Å². The number of rotatable bonds is 3. The molecule has 1 aromatic carbocycles. The molecule has 2 heterocycles. The summed E-state index contributed by atoms with van der Waals surface area (Å²) in [7, 11) is 0. The van der Waals surface area contributed by atoms with E-state index in [1.807, 2.05) is 42.2 Å². The Morgan fingerprint density at radius 3 is 2.36 bits per heavy atom. The number of likely N-dealkylation sites (tertiary alicyclic amines) is 2. The molecule has 2 aliphatic heterocycles. The summed E-state index contributed by atoms with van der Waals surface area (Å²) in [5.74, 6) is 0.0866. The van der Waals surface area contributed by atoms with Crippen molar-refractivity contribution in [1.29, 1.82) is 0 Å². The number of nitrogens with zero attached hydrogens (tertiary/aromatic N) is 2. The van der Waals surface area contributed by atoms with Crippen molar-refractivity contribution >= 4 is 12.0 Å². The highest BCUT2D eigenvalue weighted by Gasteiger charge is 2.48. The van der Waals surface area contributed by atoms with E-state index in [1.165, 1.54) is 12.8 Å². The minimum Gasteiger partial charge on any atom is -0.445 e. The van der Waals surface area contributed by atoms with Gasteiger partial charge < -0.3 is 9.64 Å². The highest BCUT2D eigenvalue weighted by atomic mass is 16.6. The van der Waals surface area contributed by atoms with Gasteiger partial charge in [-0.25, -0.2) is 4.79 Å². The lowest BCUT2D eigenvalue weighted by atomic mass is 9.97. The molecule has 2 aliphatic rings. The predicted octanol–water partition coefficient (Wildman–Crippen LogP) is 3.58. The van der Waals surface area contributed by atoms with Crippen LogP contribution >= 0.6 is 0 Å². The molecule has 5 heteroatoms. The molecule has 25 heavy (non-hydrogen) atoms. The average Bonchev–Trinajstić information content (AvgIpc) is 2.85. The van der Waals surface area contributed by atoms with Crippen molar-refractivity contribution in [3.05, 3.63) is 35.9 Å². The molecule has 0 aliphatic carbocycles. The minimum absolute atomic E-state index is 0.0866. The molecule has 3 rings (SSSR count). The van der Waals surface area contributed by atoms with E-state index < -0.39 is 5.54 Å². The highest BCUT2D eigenvalue weighted by Crippen LogP contribution is 2.32. The fourth-order valence-electron chi connectivity index (χ4n) is 3.89. The summed E-state index contributed by atoms with van der Waals surface area (Å²) in [6.07, 6.45) is 5.65. The number of carbonyl (C=O) groups is 2. The van der Waals surface area contributed by atoms with Crippen LogP contribution in [0.1, 0.15) is 51.0 Å². The van der Waals surface area contributed by atoms with Gasteiger partial charge in [0.1, 0.15) is 12.1 Å². The minimum atomic E-state index is -0.766. The lowest BCUT2D eigenvalue weighted by Crippen LogP contribution is -2.56. The molecule has 5 nitrogen and oxygen atoms in total. The van der Waals surface area contributed by atoms with Crippen LogP contribution in [-0.2, 0) is 16.1 Å². The molecule has 2 saturated heterocycles. The van der Waals surface area contributed by atoms with E-state index in [1.54, 1.807) is 4.90 Å². The van der Waals surface area contributed by atoms with Gasteiger partial charge in [0.05, 0.1) is 0 Å². The van der Waals surface area contributed by atoms with Crippen molar-refractivity contribution in [2.24, 2.45) is 0 Å². The van der Waals surface area contributed by atoms with Gasteiger partial charge in [0.2, 0.25) is 5.91 Å². The number of benzene rings is 1. The van der Waals surface area contributed by atoms with Gasteiger partial charge in [-0.2, -0.15) is 0 Å². The second kappa shape index (κ2) is 7.89. The van der Waals surface area contributed by atoms with E-state index in [9.17, 15) is 9.59 Å². The molecule has 1 unspecified atom stereocenters. The molecule has 0 spiro atoms. The van der Waals surface area contributed by atoms with E-state index in [4.69, 9.17) is 4.74 Å². The Labute approximate surface area is 149 Å². The first-order valence-electron chi connectivity index (χ1n) is 9.39. The maximum absolute atomic E-state index is 13.1. The third-order valence-electron chi connectivity index (χ3n) is 5.42. The van der Waals surface area contributed by atoms with E-state index >= 15 is 0 Å². The first-order valence-corrected chi connectivity index (χ1v) is 9.39. The quantitative estimate of drug-likeness (QED) is 0.842. The van der Waals surface area contributed by atoms with E-state index in [0.29, 0.717) is 13.0 Å². The van der Waals surface area contributed by atoms with Crippen molar-refractivity contribution in [3.8, 4) is 0 Å². The lowest BCUT2D eigenvalue weighted by Gasteiger charge is -2.37. The maximum atomic E-state index is 13.1. The van der Waals surface area contributed by atoms with Crippen LogP contribution in [0.4, 0.5) is 4.79 Å². The van der Waals surface area contributed by atoms with Crippen LogP contribution in [0, 0.1) is 0 Å². The SMILES string of the molecule is CC1(C(=O)N2CCCCCC2)CCCN1C(=O)OCc1ccccc1. The van der Waals surface area contributed by atoms with Crippen LogP contribution in [-0.4, -0.2) is 47.0 Å². The van der Waals surface area contributed by atoms with Crippen LogP contribution in [0.15, 0.2) is 30.3 Å². The van der Waals surface area contributed by atoms with Crippen LogP contribution in [0.5, 0.6) is 0 Å². The predicted molar refractivity (Wildman–Crippen MR) is 96.0 cm³/mol. The lowest BCUT2D eigenvalue weighted by molar-refractivity contribution is -0.141. The first kappa shape index (κ1) is 17.8. The topological polar surface area (TPSA) is 49.9 Å². The zero-order valence-electron chi connectivity index (χ0n) is 15.1. The molecule has 0 bridgehead atoms. The van der Waals surface area contributed by atoms with E-state index in [2.05, 4.69) is 0 Å². The molecule has 2 fully saturated rings. The van der Waals surface area contributed by atoms with Crippen molar-refractivity contribution in [2.75, 3.05) is 19.6 Å². The Hall–Kier alpha value is -2.04. The van der Waals surface area contributed by atoms with Gasteiger partial charge in [0, 0.05) is 19.6 Å². The van der Waals surface area contributed by atoms with E-state index in [-0.39, 0.29) is 18.6 Å². The summed E-state index contributed by atoms with van der Waals surface area (Å²) in [5, 5.41) is 0. The number of carbonyl (C=O) groups excluding carboxylic acids is 2. The summed E-state index contributed by atoms with van der Waals surface area (Å²) in [4.78, 5) is 29.4. The highest BCUT2D eigenvalue weighted by molar-refractivity contribution is 5.90. The number of hydrogen-bond acceptors (Lipinski definition) is 3. The molecular weight excluding hydrogens is 316 g/mol. The Kier molecular flexibility index (Phi) is 5.61. The van der Waals surface area contributed by atoms with Gasteiger partial charge in [0.25, 0.3) is 0 Å². The molecule has 0 saturated carbocycles. The summed E-state index contributed by atoms with van der Waals surface area (Å²) in [6.45, 7) is 4.34. The van der Waals surface area contributed by atoms with Gasteiger partial charge in [-0.15, -0.1) is 0 Å². The number of ether oxygens (including phenoxy) is 1. The normalized spacial score (nSPS) is 24.0. The Morgan fingerprint density at radius 2 is 1.68 bits per heavy atom. The molecular formula is C20H28N2O3. The monoisotopic (exact) mass is 344 g/mol. The third-order valence-corrected chi connectivity index (χ3v) is 5.42. The van der Waals surface area contributed by atoms with Crippen molar-refractivity contribution in [1.82, 2.24) is 9.80 Å². The summed E-state index contributed by atoms with van der Waals surface area (Å²) in [5.41, 5.74) is 0.188. The third kappa shape index (κ3) is 3.97. The molecule has 0 aromatic heterocycles. The summed E-state index contributed by atoms with van der Waals surface area (Å²) in [6, 6.07) is 9.64. The van der Waals surface area contributed by atoms with Crippen molar-refractivity contribution < 1.29 is 14.3 Å². The molecule has 1 aromatic rings. The van der Waals surface area contributed by atoms with Crippen LogP contribution < -0.4 is 0 Å². The van der Waals surface area contributed by atoms with Gasteiger partial charge >= 0.3 is 6.09 Å². The first-order chi connectivity index (χ1) is 12.1. The zero-order chi connectivity index (χ0) is 17.7. The fraction of sp³-hybridized carbons (Fsp3) is 0.600. The Morgan fingerprint density at radius 1 is 1.00 bits per heavy atom. The smallest absolute Gasteiger partial charge is 0.410 e. The van der Waals surface area contributed by atoms with Gasteiger partial charge in [-0.05, 0) is 38.2 Å². The molecule has 1 atom stereocenters. The van der Waals surface area contributed by atoms with Gasteiger partial charge in [0.15, 0.2) is 0 Å². The van der Waals surface area contributed by atoms with E-state index in [0.717, 1.165) is 37.9 Å². The number of amides is 2. The maximum Gasteiger partial charge on any atom is 0.410 e. The number of hydrogen-bond donors (Lipinski definition) is 0. The standard InChI is InChI=1S/C20H28N2O3/c1-20(18(23)21-13-7-2-3-8-14-21)12-9-15-22(20)19(24)25-16-17-10-5-4-6-11-17/h4-6,10-11H,2-3,7-9,12-16H2,1H3. The zero-order valence-corrected chi connectivity index (χ0v) is 15.1. The summed E-state index contributed by atoms with van der Waals surface area (Å²) < 4.78 is 5.49. The van der Waals surface area contributed by atoms with Crippen molar-refractivity contribution in [3.63, 3.8) is 0 Å². The van der Waals surface area contributed by atoms with Crippen LogP contribution in [0.2, 0.25) is 0 Å². The molecule has 2 amide bonds.